The minimum atomic E-state index is -0.482. The molecule has 6 heteroatoms. The molecule has 0 radical (unpaired) electrons. The fourth-order valence-corrected chi connectivity index (χ4v) is 1.71. The molecule has 1 aromatic heterocycles. The molecule has 82 valence electrons. The van der Waals surface area contributed by atoms with Crippen LogP contribution in [0.4, 0.5) is 10.2 Å². The highest BCUT2D eigenvalue weighted by Crippen LogP contribution is 2.15. The van der Waals surface area contributed by atoms with E-state index in [1.54, 1.807) is 0 Å². The normalized spacial score (nSPS) is 17.7. The third-order valence-corrected chi connectivity index (χ3v) is 2.52. The molecule has 0 bridgehead atoms. The number of rotatable bonds is 2. The summed E-state index contributed by atoms with van der Waals surface area (Å²) in [5, 5.41) is 2.00. The van der Waals surface area contributed by atoms with Gasteiger partial charge in [0.05, 0.1) is 6.20 Å². The molecule has 0 saturated carbocycles. The van der Waals surface area contributed by atoms with Gasteiger partial charge in [-0.3, -0.25) is 0 Å². The van der Waals surface area contributed by atoms with E-state index in [2.05, 4.69) is 15.4 Å². The maximum atomic E-state index is 13.3. The molecule has 1 saturated heterocycles. The largest absolute Gasteiger partial charge is 0.301 e. The van der Waals surface area contributed by atoms with Crippen molar-refractivity contribution in [1.82, 2.24) is 15.0 Å². The van der Waals surface area contributed by atoms with Crippen molar-refractivity contribution < 1.29 is 4.39 Å². The van der Waals surface area contributed by atoms with Crippen molar-refractivity contribution in [3.8, 4) is 0 Å². The van der Waals surface area contributed by atoms with E-state index in [0.29, 0.717) is 0 Å². The Balaban J connectivity index is 2.05. The molecular formula is C9H12ClFN4. The summed E-state index contributed by atoms with van der Waals surface area (Å²) in [6.07, 6.45) is 4.54. The summed E-state index contributed by atoms with van der Waals surface area (Å²) >= 11 is 5.59. The van der Waals surface area contributed by atoms with Crippen LogP contribution in [0, 0.1) is 5.82 Å². The smallest absolute Gasteiger partial charge is 0.224 e. The topological polar surface area (TPSA) is 41.1 Å². The van der Waals surface area contributed by atoms with Crippen molar-refractivity contribution in [3.05, 3.63) is 17.3 Å². The molecule has 15 heavy (non-hydrogen) atoms. The predicted molar refractivity (Wildman–Crippen MR) is 56.0 cm³/mol. The van der Waals surface area contributed by atoms with Crippen LogP contribution in [-0.2, 0) is 0 Å². The van der Waals surface area contributed by atoms with E-state index >= 15 is 0 Å². The van der Waals surface area contributed by atoms with Gasteiger partial charge in [0, 0.05) is 13.1 Å². The Labute approximate surface area is 92.4 Å². The highest BCUT2D eigenvalue weighted by molar-refractivity contribution is 6.28. The van der Waals surface area contributed by atoms with Gasteiger partial charge in [0.15, 0.2) is 11.6 Å². The first-order valence-electron chi connectivity index (χ1n) is 4.95. The Bertz CT molecular complexity index is 341. The highest BCUT2D eigenvalue weighted by Gasteiger charge is 2.13. The monoisotopic (exact) mass is 230 g/mol. The maximum absolute atomic E-state index is 13.3. The van der Waals surface area contributed by atoms with Crippen LogP contribution >= 0.6 is 11.6 Å². The summed E-state index contributed by atoms with van der Waals surface area (Å²) in [6.45, 7) is 1.81. The lowest BCUT2D eigenvalue weighted by Crippen LogP contribution is -2.35. The molecule has 1 aliphatic heterocycles. The first-order chi connectivity index (χ1) is 7.25. The first-order valence-corrected chi connectivity index (χ1v) is 5.33. The van der Waals surface area contributed by atoms with Gasteiger partial charge in [0.2, 0.25) is 5.28 Å². The fraction of sp³-hybridized carbons (Fsp3) is 0.556. The Morgan fingerprint density at radius 1 is 1.33 bits per heavy atom. The zero-order chi connectivity index (χ0) is 10.7. The number of nitrogens with zero attached hydrogens (tertiary/aromatic N) is 3. The first kappa shape index (κ1) is 10.6. The average molecular weight is 231 g/mol. The van der Waals surface area contributed by atoms with Gasteiger partial charge in [-0.1, -0.05) is 6.42 Å². The van der Waals surface area contributed by atoms with E-state index in [1.807, 2.05) is 5.01 Å². The van der Waals surface area contributed by atoms with E-state index in [4.69, 9.17) is 11.6 Å². The van der Waals surface area contributed by atoms with Crippen LogP contribution < -0.4 is 5.43 Å². The number of hydrogen-bond donors (Lipinski definition) is 1. The number of hydrazine groups is 1. The van der Waals surface area contributed by atoms with Gasteiger partial charge in [-0.05, 0) is 24.4 Å². The lowest BCUT2D eigenvalue weighted by atomic mass is 10.2. The summed E-state index contributed by atoms with van der Waals surface area (Å²) in [5.74, 6) is -0.332. The summed E-state index contributed by atoms with van der Waals surface area (Å²) in [4.78, 5) is 7.35. The minimum Gasteiger partial charge on any atom is -0.301 e. The minimum absolute atomic E-state index is 0.0518. The number of halogens is 2. The van der Waals surface area contributed by atoms with E-state index in [0.717, 1.165) is 32.1 Å². The van der Waals surface area contributed by atoms with Crippen molar-refractivity contribution in [2.75, 3.05) is 18.5 Å². The van der Waals surface area contributed by atoms with Crippen molar-refractivity contribution in [3.63, 3.8) is 0 Å². The van der Waals surface area contributed by atoms with Crippen LogP contribution in [0.3, 0.4) is 0 Å². The SMILES string of the molecule is Fc1cnc(Cl)nc1NN1CCCCC1. The van der Waals surface area contributed by atoms with Crippen LogP contribution in [0.2, 0.25) is 5.28 Å². The second-order valence-electron chi connectivity index (χ2n) is 3.50. The van der Waals surface area contributed by atoms with E-state index in [1.165, 1.54) is 6.42 Å². The van der Waals surface area contributed by atoms with Gasteiger partial charge in [-0.25, -0.2) is 14.4 Å². The maximum Gasteiger partial charge on any atom is 0.224 e. The molecule has 4 nitrogen and oxygen atoms in total. The highest BCUT2D eigenvalue weighted by atomic mass is 35.5. The molecule has 2 heterocycles. The zero-order valence-electron chi connectivity index (χ0n) is 8.21. The molecule has 2 rings (SSSR count). The van der Waals surface area contributed by atoms with E-state index in [9.17, 15) is 4.39 Å². The summed E-state index contributed by atoms with van der Waals surface area (Å²) in [5.41, 5.74) is 2.91. The van der Waals surface area contributed by atoms with Gasteiger partial charge in [0.1, 0.15) is 0 Å². The molecule has 0 atom stereocenters. The van der Waals surface area contributed by atoms with Crippen molar-refractivity contribution in [1.29, 1.82) is 0 Å². The average Bonchev–Trinajstić information content (AvgIpc) is 2.25. The molecule has 1 N–H and O–H groups in total. The third-order valence-electron chi connectivity index (χ3n) is 2.33. The van der Waals surface area contributed by atoms with E-state index in [-0.39, 0.29) is 11.1 Å². The van der Waals surface area contributed by atoms with Gasteiger partial charge in [0.25, 0.3) is 0 Å². The number of anilines is 1. The molecule has 0 unspecified atom stereocenters. The Morgan fingerprint density at radius 3 is 2.80 bits per heavy atom. The molecule has 1 aromatic rings. The Hall–Kier alpha value is -0.940. The zero-order valence-corrected chi connectivity index (χ0v) is 8.97. The summed E-state index contributed by atoms with van der Waals surface area (Å²) in [7, 11) is 0. The molecule has 0 aromatic carbocycles. The number of aromatic nitrogens is 2. The molecule has 0 aliphatic carbocycles. The Morgan fingerprint density at radius 2 is 2.07 bits per heavy atom. The Kier molecular flexibility index (Phi) is 3.33. The van der Waals surface area contributed by atoms with Gasteiger partial charge in [-0.2, -0.15) is 4.98 Å². The molecule has 0 amide bonds. The number of nitrogens with one attached hydrogen (secondary N) is 1. The van der Waals surface area contributed by atoms with Crippen molar-refractivity contribution in [2.45, 2.75) is 19.3 Å². The number of piperidine rings is 1. The quantitative estimate of drug-likeness (QED) is 0.790. The summed E-state index contributed by atoms with van der Waals surface area (Å²) in [6, 6.07) is 0. The second kappa shape index (κ2) is 4.72. The van der Waals surface area contributed by atoms with Gasteiger partial charge >= 0.3 is 0 Å². The second-order valence-corrected chi connectivity index (χ2v) is 3.83. The van der Waals surface area contributed by atoms with Crippen LogP contribution in [0.1, 0.15) is 19.3 Å². The van der Waals surface area contributed by atoms with Crippen LogP contribution in [0.25, 0.3) is 0 Å². The van der Waals surface area contributed by atoms with Gasteiger partial charge < -0.3 is 5.43 Å². The molecule has 0 spiro atoms. The molecular weight excluding hydrogens is 219 g/mol. The lowest BCUT2D eigenvalue weighted by molar-refractivity contribution is 0.270. The van der Waals surface area contributed by atoms with Crippen molar-refractivity contribution >= 4 is 17.4 Å². The molecule has 1 aliphatic rings. The van der Waals surface area contributed by atoms with E-state index < -0.39 is 5.82 Å². The summed E-state index contributed by atoms with van der Waals surface area (Å²) < 4.78 is 13.3. The standard InChI is InChI=1S/C9H12ClFN4/c10-9-12-6-7(11)8(13-9)14-15-4-2-1-3-5-15/h6H,1-5H2,(H,12,13,14). The number of hydrogen-bond acceptors (Lipinski definition) is 4. The van der Waals surface area contributed by atoms with Crippen LogP contribution in [-0.4, -0.2) is 28.1 Å². The molecule has 1 fully saturated rings. The lowest BCUT2D eigenvalue weighted by Gasteiger charge is -2.27. The van der Waals surface area contributed by atoms with Gasteiger partial charge in [-0.15, -0.1) is 0 Å². The third kappa shape index (κ3) is 2.76. The fourth-order valence-electron chi connectivity index (χ4n) is 1.58. The van der Waals surface area contributed by atoms with Crippen molar-refractivity contribution in [2.24, 2.45) is 0 Å². The van der Waals surface area contributed by atoms with Crippen LogP contribution in [0.15, 0.2) is 6.20 Å². The predicted octanol–water partition coefficient (Wildman–Crippen LogP) is 2.08. The van der Waals surface area contributed by atoms with Crippen LogP contribution in [0.5, 0.6) is 0 Å².